The Kier molecular flexibility index (Phi) is 14.3. The average Bonchev–Trinajstić information content (AvgIpc) is 3.43. The van der Waals surface area contributed by atoms with Crippen LogP contribution in [0.4, 0.5) is 55.1 Å². The number of benzene rings is 2. The van der Waals surface area contributed by atoms with E-state index in [4.69, 9.17) is 26.2 Å². The zero-order chi connectivity index (χ0) is 50.1. The molecule has 0 aliphatic carbocycles. The highest BCUT2D eigenvalue weighted by molar-refractivity contribution is 6.31. The highest BCUT2D eigenvalue weighted by Gasteiger charge is 2.32. The number of anilines is 8. The van der Waals surface area contributed by atoms with Crippen LogP contribution in [0, 0.1) is 11.6 Å². The SMILES string of the molecule is O=C(NNc1ncc(F)c(N2CCOCC2)n1)c1ccc(Nc2cccc(-c3ccc[n+](C4CN(c5nc(NNC(=O)c6ccc(Nc7cc(Cl)cc(-c8ccnnc8)c7)cn6)ncc5F)CCO4)n3)c2)cn1. The second-order valence-corrected chi connectivity index (χ2v) is 16.6. The number of hydrogen-bond acceptors (Lipinski definition) is 19. The number of hydrogen-bond donors (Lipinski definition) is 6. The summed E-state index contributed by atoms with van der Waals surface area (Å²) >= 11 is 6.38. The fourth-order valence-corrected chi connectivity index (χ4v) is 7.94. The molecule has 2 aliphatic heterocycles. The highest BCUT2D eigenvalue weighted by Crippen LogP contribution is 2.29. The van der Waals surface area contributed by atoms with Crippen molar-refractivity contribution >= 4 is 69.7 Å². The van der Waals surface area contributed by atoms with Gasteiger partial charge in [-0.25, -0.2) is 28.7 Å². The molecular weight excluding hydrogens is 966 g/mol. The van der Waals surface area contributed by atoms with Crippen molar-refractivity contribution in [3.63, 3.8) is 0 Å². The lowest BCUT2D eigenvalue weighted by molar-refractivity contribution is -0.809. The number of pyridine rings is 2. The summed E-state index contributed by atoms with van der Waals surface area (Å²) < 4.78 is 42.9. The van der Waals surface area contributed by atoms with Crippen molar-refractivity contribution in [1.82, 2.24) is 56.1 Å². The molecule has 0 spiro atoms. The molecule has 0 bridgehead atoms. The van der Waals surface area contributed by atoms with E-state index in [9.17, 15) is 14.0 Å². The Bertz CT molecular complexity index is 3250. The molecule has 8 heterocycles. The predicted molar refractivity (Wildman–Crippen MR) is 264 cm³/mol. The molecule has 22 nitrogen and oxygen atoms in total. The molecule has 2 aromatic carbocycles. The van der Waals surface area contributed by atoms with E-state index < -0.39 is 29.7 Å². The number of carbonyl (C=O) groups excluding carboxylic acids is 2. The van der Waals surface area contributed by atoms with Crippen LogP contribution in [0.1, 0.15) is 27.2 Å². The molecular formula is C48H42ClF2N18O4+. The minimum absolute atomic E-state index is 0.00567. The molecule has 2 fully saturated rings. The fourth-order valence-electron chi connectivity index (χ4n) is 7.70. The summed E-state index contributed by atoms with van der Waals surface area (Å²) in [7, 11) is 0. The van der Waals surface area contributed by atoms with Gasteiger partial charge in [-0.3, -0.25) is 31.3 Å². The lowest BCUT2D eigenvalue weighted by atomic mass is 10.1. The van der Waals surface area contributed by atoms with Gasteiger partial charge in [0.15, 0.2) is 29.5 Å². The summed E-state index contributed by atoms with van der Waals surface area (Å²) in [6.07, 6.45) is 9.47. The third kappa shape index (κ3) is 11.7. The van der Waals surface area contributed by atoms with Gasteiger partial charge in [0.2, 0.25) is 11.9 Å². The van der Waals surface area contributed by atoms with Gasteiger partial charge in [-0.15, -0.1) is 0 Å². The van der Waals surface area contributed by atoms with E-state index >= 15 is 4.39 Å². The van der Waals surface area contributed by atoms with E-state index in [-0.39, 0.29) is 48.1 Å². The summed E-state index contributed by atoms with van der Waals surface area (Å²) in [5.74, 6) is -2.27. The van der Waals surface area contributed by atoms with Gasteiger partial charge in [0.1, 0.15) is 23.6 Å². The van der Waals surface area contributed by atoms with Gasteiger partial charge in [0.05, 0.1) is 68.4 Å². The summed E-state index contributed by atoms with van der Waals surface area (Å²) in [5, 5.41) is 19.6. The maximum Gasteiger partial charge on any atom is 0.305 e. The Morgan fingerprint density at radius 3 is 1.95 bits per heavy atom. The van der Waals surface area contributed by atoms with Crippen LogP contribution in [-0.2, 0) is 9.47 Å². The first-order valence-corrected chi connectivity index (χ1v) is 22.9. The highest BCUT2D eigenvalue weighted by atomic mass is 35.5. The summed E-state index contributed by atoms with van der Waals surface area (Å²) in [5.41, 5.74) is 16.3. The molecule has 1 unspecified atom stereocenters. The average molecular weight is 1010 g/mol. The number of ether oxygens (including phenoxy) is 2. The predicted octanol–water partition coefficient (Wildman–Crippen LogP) is 5.67. The van der Waals surface area contributed by atoms with Gasteiger partial charge in [0, 0.05) is 58.3 Å². The van der Waals surface area contributed by atoms with Gasteiger partial charge in [-0.05, 0) is 72.3 Å². The second kappa shape index (κ2) is 21.9. The van der Waals surface area contributed by atoms with Crippen molar-refractivity contribution in [2.75, 3.05) is 77.3 Å². The first-order chi connectivity index (χ1) is 35.7. The zero-order valence-electron chi connectivity index (χ0n) is 38.3. The Morgan fingerprint density at radius 2 is 1.29 bits per heavy atom. The van der Waals surface area contributed by atoms with Gasteiger partial charge >= 0.3 is 6.23 Å². The maximum absolute atomic E-state index is 15.3. The van der Waals surface area contributed by atoms with E-state index in [0.29, 0.717) is 60.6 Å². The summed E-state index contributed by atoms with van der Waals surface area (Å²) in [6.45, 7) is 2.63. The van der Waals surface area contributed by atoms with Crippen molar-refractivity contribution in [2.45, 2.75) is 6.23 Å². The number of hydrazine groups is 2. The van der Waals surface area contributed by atoms with Gasteiger partial charge in [-0.1, -0.05) is 28.4 Å². The van der Waals surface area contributed by atoms with Crippen LogP contribution in [0.5, 0.6) is 0 Å². The van der Waals surface area contributed by atoms with Crippen LogP contribution < -0.4 is 46.8 Å². The van der Waals surface area contributed by atoms with Crippen LogP contribution in [0.25, 0.3) is 22.4 Å². The van der Waals surface area contributed by atoms with Crippen LogP contribution >= 0.6 is 11.6 Å². The zero-order valence-corrected chi connectivity index (χ0v) is 39.0. The van der Waals surface area contributed by atoms with Crippen molar-refractivity contribution in [1.29, 1.82) is 0 Å². The van der Waals surface area contributed by atoms with Crippen LogP contribution in [0.15, 0.2) is 128 Å². The Labute approximate surface area is 419 Å². The quantitative estimate of drug-likeness (QED) is 0.0535. The van der Waals surface area contributed by atoms with Crippen LogP contribution in [0.2, 0.25) is 5.02 Å². The molecule has 1 atom stereocenters. The standard InChI is InChI=1S/C48H41ClF2N18O4/c49-32-19-31(30-10-11-56-57-23-30)21-36(22-32)59-35-7-9-41(53-25-35)46(71)63-65-48-55-27-38(51)44(61-48)68-15-18-73-42(28-68)69-12-2-5-39(66-69)29-3-1-4-33(20-29)58-34-6-8-40(52-24-34)45(70)62-64-47-54-26-37(50)43(60-47)67-13-16-72-17-14-67/h1-12,19-27,42,66H,13-18,28H2,(H4,52,53,54,55,56,57,58,59,60,61,62,63,64,65,70,71)/p+1. The maximum atomic E-state index is 15.3. The van der Waals surface area contributed by atoms with Gasteiger partial charge in [-0.2, -0.15) is 20.2 Å². The number of aromatic nitrogens is 10. The largest absolute Gasteiger partial charge is 0.378 e. The molecule has 25 heteroatoms. The number of nitrogens with zero attached hydrogens (tertiary/aromatic N) is 12. The molecule has 2 saturated heterocycles. The number of carbonyl (C=O) groups is 2. The molecule has 2 aliphatic rings. The lowest BCUT2D eigenvalue weighted by Gasteiger charge is -2.30. The fraction of sp³-hybridized carbons (Fsp3) is 0.167. The van der Waals surface area contributed by atoms with E-state index in [0.717, 1.165) is 34.8 Å². The molecule has 6 N–H and O–H groups in total. The molecule has 8 aromatic rings. The third-order valence-corrected chi connectivity index (χ3v) is 11.5. The number of rotatable bonds is 15. The molecule has 6 aromatic heterocycles. The first-order valence-electron chi connectivity index (χ1n) is 22.6. The summed E-state index contributed by atoms with van der Waals surface area (Å²) in [4.78, 5) is 54.5. The smallest absolute Gasteiger partial charge is 0.305 e. The second-order valence-electron chi connectivity index (χ2n) is 16.2. The van der Waals surface area contributed by atoms with E-state index in [1.54, 1.807) is 57.3 Å². The lowest BCUT2D eigenvalue weighted by Crippen LogP contribution is -2.54. The molecule has 0 saturated carbocycles. The van der Waals surface area contributed by atoms with Gasteiger partial charge < -0.3 is 29.9 Å². The first kappa shape index (κ1) is 47.5. The Hall–Kier alpha value is -9.13. The van der Waals surface area contributed by atoms with Crippen molar-refractivity contribution in [2.24, 2.45) is 0 Å². The molecule has 368 valence electrons. The molecule has 0 radical (unpaired) electrons. The Balaban J connectivity index is 0.727. The van der Waals surface area contributed by atoms with Crippen molar-refractivity contribution in [3.8, 4) is 22.4 Å². The monoisotopic (exact) mass is 1010 g/mol. The van der Waals surface area contributed by atoms with Crippen LogP contribution in [0.3, 0.4) is 0 Å². The third-order valence-electron chi connectivity index (χ3n) is 11.2. The minimum Gasteiger partial charge on any atom is -0.378 e. The molecule has 2 amide bonds. The molecule has 10 rings (SSSR count). The van der Waals surface area contributed by atoms with E-state index in [1.165, 1.54) is 18.5 Å². The van der Waals surface area contributed by atoms with E-state index in [1.807, 2.05) is 54.6 Å². The number of nitrogens with one attached hydrogen (secondary N) is 6. The van der Waals surface area contributed by atoms with E-state index in [2.05, 4.69) is 72.4 Å². The number of morpholine rings is 2. The van der Waals surface area contributed by atoms with Gasteiger partial charge in [0.25, 0.3) is 11.8 Å². The van der Waals surface area contributed by atoms with Crippen molar-refractivity contribution in [3.05, 3.63) is 156 Å². The van der Waals surface area contributed by atoms with Crippen molar-refractivity contribution < 1.29 is 32.5 Å². The Morgan fingerprint density at radius 1 is 0.630 bits per heavy atom. The molecule has 73 heavy (non-hydrogen) atoms. The van der Waals surface area contributed by atoms with Crippen LogP contribution in [-0.4, -0.2) is 103 Å². The normalized spacial score (nSPS) is 14.5. The number of halogens is 3. The minimum atomic E-state index is -0.664. The number of amides is 2. The summed E-state index contributed by atoms with van der Waals surface area (Å²) in [6, 6.07) is 25.1. The topological polar surface area (TPSA) is 251 Å².